The summed E-state index contributed by atoms with van der Waals surface area (Å²) in [5, 5.41) is 7.04. The van der Waals surface area contributed by atoms with Crippen LogP contribution in [0, 0.1) is 11.3 Å². The molecule has 144 valence electrons. The van der Waals surface area contributed by atoms with E-state index in [1.54, 1.807) is 11.3 Å². The van der Waals surface area contributed by atoms with Crippen molar-refractivity contribution in [3.05, 3.63) is 11.1 Å². The lowest BCUT2D eigenvalue weighted by molar-refractivity contribution is -0.142. The Bertz CT molecular complexity index is 646. The Balaban J connectivity index is 1.57. The first-order valence-electron chi connectivity index (χ1n) is 9.61. The minimum atomic E-state index is -0.405. The maximum atomic E-state index is 12.7. The van der Waals surface area contributed by atoms with Crippen molar-refractivity contribution in [2.75, 3.05) is 31.5 Å². The van der Waals surface area contributed by atoms with Gasteiger partial charge in [0.25, 0.3) is 0 Å². The zero-order valence-electron chi connectivity index (χ0n) is 16.0. The summed E-state index contributed by atoms with van der Waals surface area (Å²) in [6.45, 7) is 9.13. The Labute approximate surface area is 159 Å². The highest BCUT2D eigenvalue weighted by Crippen LogP contribution is 2.32. The number of aromatic nitrogens is 1. The molecule has 1 unspecified atom stereocenters. The SMILES string of the molecule is CC(C)(C)C(=O)N1CCCC(C(=O)Nc2ncc(C3CCNCC3)s2)C1. The topological polar surface area (TPSA) is 74.3 Å². The van der Waals surface area contributed by atoms with Crippen LogP contribution in [0.15, 0.2) is 6.20 Å². The van der Waals surface area contributed by atoms with Crippen molar-refractivity contribution in [3.63, 3.8) is 0 Å². The van der Waals surface area contributed by atoms with Crippen LogP contribution in [0.1, 0.15) is 57.2 Å². The van der Waals surface area contributed by atoms with Gasteiger partial charge in [-0.2, -0.15) is 0 Å². The monoisotopic (exact) mass is 378 g/mol. The number of rotatable bonds is 3. The predicted octanol–water partition coefficient (Wildman–Crippen LogP) is 2.83. The first-order valence-corrected chi connectivity index (χ1v) is 10.4. The molecule has 2 fully saturated rings. The van der Waals surface area contributed by atoms with Gasteiger partial charge in [-0.1, -0.05) is 20.8 Å². The summed E-state index contributed by atoms with van der Waals surface area (Å²) in [6.07, 6.45) is 5.86. The molecule has 26 heavy (non-hydrogen) atoms. The zero-order chi connectivity index (χ0) is 18.7. The van der Waals surface area contributed by atoms with Crippen molar-refractivity contribution in [3.8, 4) is 0 Å². The van der Waals surface area contributed by atoms with Crippen LogP contribution in [-0.2, 0) is 9.59 Å². The lowest BCUT2D eigenvalue weighted by Crippen LogP contribution is -2.47. The number of anilines is 1. The van der Waals surface area contributed by atoms with Gasteiger partial charge >= 0.3 is 0 Å². The van der Waals surface area contributed by atoms with Crippen LogP contribution in [0.5, 0.6) is 0 Å². The molecule has 0 aromatic carbocycles. The summed E-state index contributed by atoms with van der Waals surface area (Å²) < 4.78 is 0. The average Bonchev–Trinajstić information content (AvgIpc) is 3.09. The van der Waals surface area contributed by atoms with E-state index in [1.165, 1.54) is 4.88 Å². The van der Waals surface area contributed by atoms with E-state index < -0.39 is 5.41 Å². The summed E-state index contributed by atoms with van der Waals surface area (Å²) in [6, 6.07) is 0. The molecule has 1 atom stereocenters. The van der Waals surface area contributed by atoms with Crippen LogP contribution < -0.4 is 10.6 Å². The number of amides is 2. The maximum absolute atomic E-state index is 12.7. The van der Waals surface area contributed by atoms with E-state index in [0.717, 1.165) is 45.3 Å². The molecule has 2 aliphatic rings. The molecule has 3 heterocycles. The highest BCUT2D eigenvalue weighted by Gasteiger charge is 2.33. The maximum Gasteiger partial charge on any atom is 0.231 e. The van der Waals surface area contributed by atoms with Gasteiger partial charge in [0, 0.05) is 29.6 Å². The highest BCUT2D eigenvalue weighted by atomic mass is 32.1. The Morgan fingerprint density at radius 3 is 2.69 bits per heavy atom. The molecule has 1 aromatic heterocycles. The summed E-state index contributed by atoms with van der Waals surface area (Å²) in [7, 11) is 0. The second-order valence-corrected chi connectivity index (χ2v) is 9.48. The number of carbonyl (C=O) groups is 2. The van der Waals surface area contributed by atoms with Crippen molar-refractivity contribution in [1.29, 1.82) is 0 Å². The fourth-order valence-electron chi connectivity index (χ4n) is 3.70. The number of thiazole rings is 1. The summed E-state index contributed by atoms with van der Waals surface area (Å²) >= 11 is 1.59. The normalized spacial score (nSPS) is 22.3. The summed E-state index contributed by atoms with van der Waals surface area (Å²) in [5.74, 6) is 0.510. The Kier molecular flexibility index (Phi) is 5.97. The van der Waals surface area contributed by atoms with Crippen molar-refractivity contribution in [2.24, 2.45) is 11.3 Å². The van der Waals surface area contributed by atoms with Crippen LogP contribution in [0.4, 0.5) is 5.13 Å². The minimum absolute atomic E-state index is 0.0115. The molecule has 2 N–H and O–H groups in total. The molecule has 1 aromatic rings. The van der Waals surface area contributed by atoms with E-state index in [2.05, 4.69) is 15.6 Å². The Hall–Kier alpha value is -1.47. The standard InChI is InChI=1S/C19H30N4O2S/c1-19(2,3)17(25)23-10-4-5-14(12-23)16(24)22-18-21-11-15(26-18)13-6-8-20-9-7-13/h11,13-14,20H,4-10,12H2,1-3H3,(H,21,22,24). The molecule has 0 spiro atoms. The molecule has 2 amide bonds. The lowest BCUT2D eigenvalue weighted by Gasteiger charge is -2.35. The quantitative estimate of drug-likeness (QED) is 0.848. The van der Waals surface area contributed by atoms with Gasteiger partial charge in [-0.15, -0.1) is 11.3 Å². The molecular weight excluding hydrogens is 348 g/mol. The van der Waals surface area contributed by atoms with Gasteiger partial charge in [-0.3, -0.25) is 9.59 Å². The van der Waals surface area contributed by atoms with Crippen molar-refractivity contribution >= 4 is 28.3 Å². The molecule has 0 saturated carbocycles. The van der Waals surface area contributed by atoms with Crippen molar-refractivity contribution in [2.45, 2.75) is 52.4 Å². The van der Waals surface area contributed by atoms with Crippen LogP contribution in [-0.4, -0.2) is 47.9 Å². The van der Waals surface area contributed by atoms with E-state index in [4.69, 9.17) is 0 Å². The summed E-state index contributed by atoms with van der Waals surface area (Å²) in [5.41, 5.74) is -0.405. The number of carbonyl (C=O) groups excluding carboxylic acids is 2. The smallest absolute Gasteiger partial charge is 0.231 e. The van der Waals surface area contributed by atoms with Crippen LogP contribution in [0.3, 0.4) is 0 Å². The van der Waals surface area contributed by atoms with Gasteiger partial charge in [0.1, 0.15) is 0 Å². The molecule has 2 aliphatic heterocycles. The van der Waals surface area contributed by atoms with Gasteiger partial charge in [0.2, 0.25) is 11.8 Å². The highest BCUT2D eigenvalue weighted by molar-refractivity contribution is 7.15. The number of nitrogens with zero attached hydrogens (tertiary/aromatic N) is 2. The van der Waals surface area contributed by atoms with Gasteiger partial charge in [0.05, 0.1) is 5.92 Å². The molecule has 2 saturated heterocycles. The van der Waals surface area contributed by atoms with E-state index in [0.29, 0.717) is 17.6 Å². The van der Waals surface area contributed by atoms with Gasteiger partial charge in [-0.25, -0.2) is 4.98 Å². The number of nitrogens with one attached hydrogen (secondary N) is 2. The van der Waals surface area contributed by atoms with E-state index in [-0.39, 0.29) is 17.7 Å². The van der Waals surface area contributed by atoms with Gasteiger partial charge in [0.15, 0.2) is 5.13 Å². The second-order valence-electron chi connectivity index (χ2n) is 8.42. The number of hydrogen-bond acceptors (Lipinski definition) is 5. The molecule has 0 aliphatic carbocycles. The summed E-state index contributed by atoms with van der Waals surface area (Å²) in [4.78, 5) is 32.7. The molecule has 6 nitrogen and oxygen atoms in total. The number of hydrogen-bond donors (Lipinski definition) is 2. The number of likely N-dealkylation sites (tertiary alicyclic amines) is 1. The van der Waals surface area contributed by atoms with Gasteiger partial charge < -0.3 is 15.5 Å². The third-order valence-electron chi connectivity index (χ3n) is 5.22. The third kappa shape index (κ3) is 4.62. The molecule has 0 radical (unpaired) electrons. The molecule has 7 heteroatoms. The predicted molar refractivity (Wildman–Crippen MR) is 104 cm³/mol. The first-order chi connectivity index (χ1) is 12.3. The van der Waals surface area contributed by atoms with E-state index in [9.17, 15) is 9.59 Å². The van der Waals surface area contributed by atoms with Crippen LogP contribution in [0.2, 0.25) is 0 Å². The Morgan fingerprint density at radius 2 is 2.00 bits per heavy atom. The van der Waals surface area contributed by atoms with Crippen molar-refractivity contribution in [1.82, 2.24) is 15.2 Å². The average molecular weight is 379 g/mol. The largest absolute Gasteiger partial charge is 0.341 e. The number of piperidine rings is 2. The van der Waals surface area contributed by atoms with Crippen LogP contribution in [0.25, 0.3) is 0 Å². The van der Waals surface area contributed by atoms with E-state index >= 15 is 0 Å². The zero-order valence-corrected chi connectivity index (χ0v) is 16.8. The Morgan fingerprint density at radius 1 is 1.27 bits per heavy atom. The fraction of sp³-hybridized carbons (Fsp3) is 0.737. The molecular formula is C19H30N4O2S. The first kappa shape index (κ1) is 19.3. The van der Waals surface area contributed by atoms with Crippen molar-refractivity contribution < 1.29 is 9.59 Å². The minimum Gasteiger partial charge on any atom is -0.341 e. The molecule has 3 rings (SSSR count). The third-order valence-corrected chi connectivity index (χ3v) is 6.29. The van der Waals surface area contributed by atoms with Crippen LogP contribution >= 0.6 is 11.3 Å². The van der Waals surface area contributed by atoms with Gasteiger partial charge in [-0.05, 0) is 44.7 Å². The molecule has 0 bridgehead atoms. The fourth-order valence-corrected chi connectivity index (χ4v) is 4.69. The lowest BCUT2D eigenvalue weighted by atomic mass is 9.91. The van der Waals surface area contributed by atoms with E-state index in [1.807, 2.05) is 31.9 Å². The second kappa shape index (κ2) is 8.05.